The molecule has 0 heterocycles. The molecule has 0 saturated carbocycles. The van der Waals surface area contributed by atoms with Crippen molar-refractivity contribution in [3.05, 3.63) is 28.2 Å². The fraction of sp³-hybridized carbons (Fsp3) is 0.600. The molecular formula is C15H24BrNO2. The fourth-order valence-corrected chi connectivity index (χ4v) is 2.54. The Morgan fingerprint density at radius 3 is 2.63 bits per heavy atom. The number of hydrogen-bond donors (Lipinski definition) is 2. The van der Waals surface area contributed by atoms with Crippen molar-refractivity contribution in [1.82, 2.24) is 5.32 Å². The predicted octanol–water partition coefficient (Wildman–Crippen LogP) is 3.00. The zero-order chi connectivity index (χ0) is 14.5. The normalized spacial score (nSPS) is 14.5. The summed E-state index contributed by atoms with van der Waals surface area (Å²) in [5, 5.41) is 13.7. The number of ether oxygens (including phenoxy) is 1. The molecule has 0 bridgehead atoms. The maximum atomic E-state index is 10.4. The van der Waals surface area contributed by atoms with E-state index in [1.807, 2.05) is 25.1 Å². The molecule has 0 saturated heterocycles. The second-order valence-electron chi connectivity index (χ2n) is 5.67. The Labute approximate surface area is 124 Å². The van der Waals surface area contributed by atoms with Crippen LogP contribution in [0.25, 0.3) is 0 Å². The van der Waals surface area contributed by atoms with Crippen LogP contribution in [0.5, 0.6) is 5.75 Å². The van der Waals surface area contributed by atoms with Crippen LogP contribution in [0, 0.1) is 5.92 Å². The van der Waals surface area contributed by atoms with Gasteiger partial charge in [0.15, 0.2) is 0 Å². The third-order valence-corrected chi connectivity index (χ3v) is 3.48. The maximum absolute atomic E-state index is 10.4. The molecule has 0 amide bonds. The monoisotopic (exact) mass is 329 g/mol. The molecule has 108 valence electrons. The second kappa shape index (κ2) is 7.27. The first kappa shape index (κ1) is 16.5. The Hall–Kier alpha value is -0.580. The van der Waals surface area contributed by atoms with Crippen molar-refractivity contribution in [2.75, 3.05) is 20.2 Å². The Kier molecular flexibility index (Phi) is 6.30. The van der Waals surface area contributed by atoms with Crippen molar-refractivity contribution < 1.29 is 9.84 Å². The molecule has 1 rings (SSSR count). The van der Waals surface area contributed by atoms with E-state index in [9.17, 15) is 5.11 Å². The quantitative estimate of drug-likeness (QED) is 0.808. The van der Waals surface area contributed by atoms with Gasteiger partial charge in [0.05, 0.1) is 17.2 Å². The standard InChI is InChI=1S/C15H24BrNO2/c1-11(2)9-17-10-15(3,18)8-12-5-6-14(19-4)13(16)7-12/h5-7,11,17-18H,8-10H2,1-4H3. The molecule has 0 aromatic heterocycles. The molecule has 0 radical (unpaired) electrons. The average molecular weight is 330 g/mol. The largest absolute Gasteiger partial charge is 0.496 e. The van der Waals surface area contributed by atoms with Gasteiger partial charge in [-0.15, -0.1) is 0 Å². The number of aliphatic hydroxyl groups is 1. The molecule has 0 aliphatic carbocycles. The first-order chi connectivity index (χ1) is 8.84. The van der Waals surface area contributed by atoms with Gasteiger partial charge >= 0.3 is 0 Å². The minimum absolute atomic E-state index is 0.589. The Morgan fingerprint density at radius 2 is 2.11 bits per heavy atom. The molecule has 0 aliphatic heterocycles. The van der Waals surface area contributed by atoms with Gasteiger partial charge in [-0.05, 0) is 53.0 Å². The van der Waals surface area contributed by atoms with Gasteiger partial charge in [-0.3, -0.25) is 0 Å². The summed E-state index contributed by atoms with van der Waals surface area (Å²) < 4.78 is 6.11. The fourth-order valence-electron chi connectivity index (χ4n) is 1.95. The van der Waals surface area contributed by atoms with E-state index in [2.05, 4.69) is 35.1 Å². The molecule has 4 heteroatoms. The topological polar surface area (TPSA) is 41.5 Å². The van der Waals surface area contributed by atoms with Crippen LogP contribution in [0.15, 0.2) is 22.7 Å². The minimum Gasteiger partial charge on any atom is -0.496 e. The van der Waals surface area contributed by atoms with Crippen LogP contribution >= 0.6 is 15.9 Å². The summed E-state index contributed by atoms with van der Waals surface area (Å²) in [7, 11) is 1.64. The third-order valence-electron chi connectivity index (χ3n) is 2.86. The number of halogens is 1. The van der Waals surface area contributed by atoms with Gasteiger partial charge in [0.1, 0.15) is 5.75 Å². The lowest BCUT2D eigenvalue weighted by Gasteiger charge is -2.24. The van der Waals surface area contributed by atoms with Crippen LogP contribution in [0.4, 0.5) is 0 Å². The van der Waals surface area contributed by atoms with Crippen molar-refractivity contribution in [3.8, 4) is 5.75 Å². The van der Waals surface area contributed by atoms with Crippen LogP contribution in [0.3, 0.4) is 0 Å². The van der Waals surface area contributed by atoms with Gasteiger partial charge in [-0.1, -0.05) is 19.9 Å². The summed E-state index contributed by atoms with van der Waals surface area (Å²) in [4.78, 5) is 0. The Bertz CT molecular complexity index is 405. The molecule has 1 aromatic carbocycles. The third kappa shape index (κ3) is 5.93. The van der Waals surface area contributed by atoms with Gasteiger partial charge in [0.25, 0.3) is 0 Å². The number of nitrogens with one attached hydrogen (secondary N) is 1. The van der Waals surface area contributed by atoms with Crippen molar-refractivity contribution in [3.63, 3.8) is 0 Å². The minimum atomic E-state index is -0.747. The number of rotatable bonds is 7. The Morgan fingerprint density at radius 1 is 1.42 bits per heavy atom. The summed E-state index contributed by atoms with van der Waals surface area (Å²) in [6.45, 7) is 7.68. The van der Waals surface area contributed by atoms with Crippen LogP contribution < -0.4 is 10.1 Å². The lowest BCUT2D eigenvalue weighted by atomic mass is 9.96. The summed E-state index contributed by atoms with van der Waals surface area (Å²) in [5.74, 6) is 1.40. The lowest BCUT2D eigenvalue weighted by molar-refractivity contribution is 0.0595. The number of methoxy groups -OCH3 is 1. The highest BCUT2D eigenvalue weighted by molar-refractivity contribution is 9.10. The van der Waals surface area contributed by atoms with E-state index in [4.69, 9.17) is 4.74 Å². The molecule has 3 nitrogen and oxygen atoms in total. The SMILES string of the molecule is COc1ccc(CC(C)(O)CNCC(C)C)cc1Br. The van der Waals surface area contributed by atoms with E-state index in [-0.39, 0.29) is 0 Å². The van der Waals surface area contributed by atoms with Crippen LogP contribution in [0.1, 0.15) is 26.3 Å². The molecule has 19 heavy (non-hydrogen) atoms. The highest BCUT2D eigenvalue weighted by atomic mass is 79.9. The molecular weight excluding hydrogens is 306 g/mol. The average Bonchev–Trinajstić information content (AvgIpc) is 2.27. The van der Waals surface area contributed by atoms with E-state index in [0.717, 1.165) is 22.3 Å². The van der Waals surface area contributed by atoms with Crippen LogP contribution in [-0.2, 0) is 6.42 Å². The molecule has 1 atom stereocenters. The second-order valence-corrected chi connectivity index (χ2v) is 6.52. The van der Waals surface area contributed by atoms with Crippen molar-refractivity contribution in [2.24, 2.45) is 5.92 Å². The summed E-state index contributed by atoms with van der Waals surface area (Å²) >= 11 is 3.46. The highest BCUT2D eigenvalue weighted by Crippen LogP contribution is 2.27. The first-order valence-electron chi connectivity index (χ1n) is 6.59. The van der Waals surface area contributed by atoms with Crippen molar-refractivity contribution in [1.29, 1.82) is 0 Å². The number of benzene rings is 1. The highest BCUT2D eigenvalue weighted by Gasteiger charge is 2.21. The molecule has 1 aromatic rings. The van der Waals surface area contributed by atoms with E-state index >= 15 is 0 Å². The smallest absolute Gasteiger partial charge is 0.133 e. The predicted molar refractivity (Wildman–Crippen MR) is 82.7 cm³/mol. The molecule has 1 unspecified atom stereocenters. The van der Waals surface area contributed by atoms with Crippen LogP contribution in [-0.4, -0.2) is 30.9 Å². The summed E-state index contributed by atoms with van der Waals surface area (Å²) in [5.41, 5.74) is 0.340. The summed E-state index contributed by atoms with van der Waals surface area (Å²) in [6, 6.07) is 5.90. The van der Waals surface area contributed by atoms with Gasteiger partial charge in [0, 0.05) is 13.0 Å². The number of hydrogen-bond acceptors (Lipinski definition) is 3. The lowest BCUT2D eigenvalue weighted by Crippen LogP contribution is -2.40. The van der Waals surface area contributed by atoms with E-state index in [1.165, 1.54) is 0 Å². The van der Waals surface area contributed by atoms with E-state index in [0.29, 0.717) is 18.9 Å². The molecule has 0 fully saturated rings. The van der Waals surface area contributed by atoms with Gasteiger partial charge in [-0.25, -0.2) is 0 Å². The maximum Gasteiger partial charge on any atom is 0.133 e. The van der Waals surface area contributed by atoms with Gasteiger partial charge < -0.3 is 15.2 Å². The van der Waals surface area contributed by atoms with Crippen molar-refractivity contribution >= 4 is 15.9 Å². The van der Waals surface area contributed by atoms with Gasteiger partial charge in [-0.2, -0.15) is 0 Å². The molecule has 0 spiro atoms. The Balaban J connectivity index is 2.59. The van der Waals surface area contributed by atoms with Crippen molar-refractivity contribution in [2.45, 2.75) is 32.8 Å². The van der Waals surface area contributed by atoms with E-state index < -0.39 is 5.60 Å². The summed E-state index contributed by atoms with van der Waals surface area (Å²) in [6.07, 6.45) is 0.612. The first-order valence-corrected chi connectivity index (χ1v) is 7.39. The van der Waals surface area contributed by atoms with Crippen LogP contribution in [0.2, 0.25) is 0 Å². The molecule has 0 aliphatic rings. The van der Waals surface area contributed by atoms with E-state index in [1.54, 1.807) is 7.11 Å². The zero-order valence-electron chi connectivity index (χ0n) is 12.2. The molecule has 2 N–H and O–H groups in total. The zero-order valence-corrected chi connectivity index (χ0v) is 13.8. The van der Waals surface area contributed by atoms with Gasteiger partial charge in [0.2, 0.25) is 0 Å².